The Kier molecular flexibility index (Phi) is 0.582. The molecule has 1 N–H and O–H groups in total. The van der Waals surface area contributed by atoms with Crippen LogP contribution in [0.4, 0.5) is 0 Å². The van der Waals surface area contributed by atoms with Crippen molar-refractivity contribution in [1.29, 1.82) is 0 Å². The highest BCUT2D eigenvalue weighted by Gasteiger charge is 1.75. The van der Waals surface area contributed by atoms with Gasteiger partial charge in [0.1, 0.15) is 0 Å². The Labute approximate surface area is 33.0 Å². The molecule has 1 heterocycles. The lowest BCUT2D eigenvalue weighted by molar-refractivity contribution is -0.445. The number of aromatic amines is 1. The third-order valence-electron chi connectivity index (χ3n) is 0.251. The molecule has 4 heteroatoms. The molecule has 0 aliphatic carbocycles. The predicted octanol–water partition coefficient (Wildman–Crippen LogP) is -0.648. The molecule has 0 aliphatic heterocycles. The van der Waals surface area contributed by atoms with E-state index in [1.54, 1.807) is 0 Å². The topological polar surface area (TPSA) is 39.9 Å². The van der Waals surface area contributed by atoms with Gasteiger partial charge in [0.2, 0.25) is 11.7 Å². The SMILES string of the molecule is c1nsn[nH+]1. The first-order valence-corrected chi connectivity index (χ1v) is 1.87. The molecule has 1 rings (SSSR count). The molecule has 0 fully saturated rings. The van der Waals surface area contributed by atoms with E-state index in [1.807, 2.05) is 0 Å². The number of hydrogen-bond donors (Lipinski definition) is 0. The van der Waals surface area contributed by atoms with Crippen LogP contribution in [0, 0.1) is 0 Å². The van der Waals surface area contributed by atoms with Crippen LogP contribution in [0.1, 0.15) is 0 Å². The quantitative estimate of drug-likeness (QED) is 0.423. The zero-order valence-corrected chi connectivity index (χ0v) is 3.20. The van der Waals surface area contributed by atoms with Crippen molar-refractivity contribution in [3.63, 3.8) is 0 Å². The van der Waals surface area contributed by atoms with Crippen LogP contribution < -0.4 is 5.10 Å². The minimum atomic E-state index is 1.16. The number of hydrogen-bond acceptors (Lipinski definition) is 3. The van der Waals surface area contributed by atoms with Gasteiger partial charge in [-0.25, -0.2) is 0 Å². The van der Waals surface area contributed by atoms with Gasteiger partial charge in [-0.05, 0) is 0 Å². The van der Waals surface area contributed by atoms with Crippen LogP contribution in [-0.2, 0) is 0 Å². The Morgan fingerprint density at radius 1 is 1.80 bits per heavy atom. The lowest BCUT2D eigenvalue weighted by atomic mass is 11.5. The Hall–Kier alpha value is -0.510. The van der Waals surface area contributed by atoms with E-state index >= 15 is 0 Å². The van der Waals surface area contributed by atoms with Crippen LogP contribution in [-0.4, -0.2) is 8.86 Å². The van der Waals surface area contributed by atoms with Crippen LogP contribution >= 0.6 is 11.7 Å². The second-order valence-electron chi connectivity index (χ2n) is 0.537. The lowest BCUT2D eigenvalue weighted by Gasteiger charge is -1.30. The van der Waals surface area contributed by atoms with E-state index in [2.05, 4.69) is 14.0 Å². The van der Waals surface area contributed by atoms with E-state index in [-0.39, 0.29) is 0 Å². The van der Waals surface area contributed by atoms with Crippen molar-refractivity contribution in [2.24, 2.45) is 0 Å². The van der Waals surface area contributed by atoms with E-state index in [0.717, 1.165) is 11.7 Å². The van der Waals surface area contributed by atoms with Gasteiger partial charge in [0.25, 0.3) is 0 Å². The van der Waals surface area contributed by atoms with Crippen molar-refractivity contribution in [1.82, 2.24) is 8.86 Å². The maximum Gasteiger partial charge on any atom is 0.321 e. The highest BCUT2D eigenvalue weighted by Crippen LogP contribution is 1.62. The zero-order chi connectivity index (χ0) is 3.54. The summed E-state index contributed by atoms with van der Waals surface area (Å²) in [6.07, 6.45) is 1.53. The number of rotatable bonds is 0. The van der Waals surface area contributed by atoms with Crippen molar-refractivity contribution in [3.05, 3.63) is 6.33 Å². The monoisotopic (exact) mass is 88.0 g/mol. The normalized spacial score (nSPS) is 8.00. The summed E-state index contributed by atoms with van der Waals surface area (Å²) < 4.78 is 7.12. The highest BCUT2D eigenvalue weighted by atomic mass is 32.1. The molecule has 0 spiro atoms. The summed E-state index contributed by atoms with van der Waals surface area (Å²) in [5.74, 6) is 0. The van der Waals surface area contributed by atoms with Crippen molar-refractivity contribution >= 4 is 11.7 Å². The molecule has 1 aromatic rings. The number of nitrogens with one attached hydrogen (secondary N) is 1. The molecule has 0 aromatic carbocycles. The third kappa shape index (κ3) is 0.384. The highest BCUT2D eigenvalue weighted by molar-refractivity contribution is 6.98. The molecule has 0 saturated carbocycles. The van der Waals surface area contributed by atoms with Crippen LogP contribution in [0.15, 0.2) is 6.33 Å². The van der Waals surface area contributed by atoms with E-state index in [9.17, 15) is 0 Å². The summed E-state index contributed by atoms with van der Waals surface area (Å²) in [5, 5.41) is 2.52. The summed E-state index contributed by atoms with van der Waals surface area (Å²) in [6.45, 7) is 0. The molecular weight excluding hydrogens is 86.1 g/mol. The molecule has 0 unspecified atom stereocenters. The predicted molar refractivity (Wildman–Crippen MR) is 16.5 cm³/mol. The Morgan fingerprint density at radius 2 is 2.80 bits per heavy atom. The zero-order valence-electron chi connectivity index (χ0n) is 2.38. The van der Waals surface area contributed by atoms with Crippen molar-refractivity contribution < 1.29 is 5.10 Å². The first-order valence-electron chi connectivity index (χ1n) is 1.14. The van der Waals surface area contributed by atoms with E-state index < -0.39 is 0 Å². The Balaban J connectivity index is 3.13. The van der Waals surface area contributed by atoms with Gasteiger partial charge < -0.3 is 0 Å². The Bertz CT molecular complexity index is 63.4. The molecule has 0 amide bonds. The maximum absolute atomic E-state index is 3.60. The van der Waals surface area contributed by atoms with Crippen LogP contribution in [0.5, 0.6) is 0 Å². The second kappa shape index (κ2) is 1.07. The molecule has 5 heavy (non-hydrogen) atoms. The van der Waals surface area contributed by atoms with Gasteiger partial charge in [-0.1, -0.05) is 0 Å². The van der Waals surface area contributed by atoms with Crippen molar-refractivity contribution in [2.45, 2.75) is 0 Å². The molecule has 0 saturated heterocycles. The fraction of sp³-hybridized carbons (Fsp3) is 0. The van der Waals surface area contributed by atoms with Gasteiger partial charge in [-0.2, -0.15) is 0 Å². The summed E-state index contributed by atoms with van der Waals surface area (Å²) in [5.41, 5.74) is 0. The van der Waals surface area contributed by atoms with Gasteiger partial charge in [0, 0.05) is 8.86 Å². The summed E-state index contributed by atoms with van der Waals surface area (Å²) >= 11 is 1.16. The first kappa shape index (κ1) is 2.71. The van der Waals surface area contributed by atoms with Crippen LogP contribution in [0.3, 0.4) is 0 Å². The minimum Gasteiger partial charge on any atom is -0.136 e. The molecule has 1 aromatic heterocycles. The second-order valence-corrected chi connectivity index (χ2v) is 1.09. The largest absolute Gasteiger partial charge is 0.321 e. The lowest BCUT2D eigenvalue weighted by Crippen LogP contribution is -1.95. The fourth-order valence-corrected chi connectivity index (χ4v) is 0.354. The molecule has 26 valence electrons. The molecule has 0 radical (unpaired) electrons. The summed E-state index contributed by atoms with van der Waals surface area (Å²) in [6, 6.07) is 0. The van der Waals surface area contributed by atoms with E-state index in [4.69, 9.17) is 0 Å². The first-order chi connectivity index (χ1) is 2.50. The van der Waals surface area contributed by atoms with E-state index in [1.165, 1.54) is 6.33 Å². The van der Waals surface area contributed by atoms with Gasteiger partial charge in [-0.15, -0.1) is 5.10 Å². The number of aromatic nitrogens is 3. The average Bonchev–Trinajstić information content (AvgIpc) is 1.76. The van der Waals surface area contributed by atoms with Crippen molar-refractivity contribution in [2.75, 3.05) is 0 Å². The number of H-pyrrole nitrogens is 1. The third-order valence-corrected chi connectivity index (χ3v) is 0.638. The van der Waals surface area contributed by atoms with Gasteiger partial charge in [-0.3, -0.25) is 0 Å². The van der Waals surface area contributed by atoms with Crippen LogP contribution in [0.25, 0.3) is 0 Å². The Morgan fingerprint density at radius 3 is 3.00 bits per heavy atom. The molecule has 0 aliphatic rings. The van der Waals surface area contributed by atoms with Crippen LogP contribution in [0.2, 0.25) is 0 Å². The molecule has 0 atom stereocenters. The molecule has 3 nitrogen and oxygen atoms in total. The molecular formula is CH2N3S+. The minimum absolute atomic E-state index is 1.16. The smallest absolute Gasteiger partial charge is 0.136 e. The van der Waals surface area contributed by atoms with Gasteiger partial charge in [0.05, 0.1) is 0 Å². The summed E-state index contributed by atoms with van der Waals surface area (Å²) in [4.78, 5) is 0. The van der Waals surface area contributed by atoms with E-state index in [0.29, 0.717) is 0 Å². The maximum atomic E-state index is 3.60. The fourth-order valence-electron chi connectivity index (χ4n) is 0.118. The number of nitrogens with zero attached hydrogens (tertiary/aromatic N) is 2. The average molecular weight is 88.1 g/mol. The van der Waals surface area contributed by atoms with Gasteiger partial charge >= 0.3 is 6.33 Å². The summed E-state index contributed by atoms with van der Waals surface area (Å²) in [7, 11) is 0. The van der Waals surface area contributed by atoms with Crippen molar-refractivity contribution in [3.8, 4) is 0 Å². The van der Waals surface area contributed by atoms with Gasteiger partial charge in [0.15, 0.2) is 0 Å². The molecule has 0 bridgehead atoms. The standard InChI is InChI=1S/CHN3S/c1-2-4-5-3-1/h1H/p+1.